The third-order valence-electron chi connectivity index (χ3n) is 5.08. The average molecular weight is 319 g/mol. The lowest BCUT2D eigenvalue weighted by atomic mass is 9.86. The van der Waals surface area contributed by atoms with Crippen LogP contribution in [0.1, 0.15) is 35.6 Å². The van der Waals surface area contributed by atoms with E-state index < -0.39 is 0 Å². The first-order valence-electron chi connectivity index (χ1n) is 9.13. The van der Waals surface area contributed by atoms with Crippen LogP contribution >= 0.6 is 0 Å². The monoisotopic (exact) mass is 319 g/mol. The molecule has 1 heterocycles. The lowest BCUT2D eigenvalue weighted by Gasteiger charge is -2.35. The van der Waals surface area contributed by atoms with E-state index in [9.17, 15) is 0 Å². The van der Waals surface area contributed by atoms with Crippen molar-refractivity contribution in [3.8, 4) is 0 Å². The second-order valence-electron chi connectivity index (χ2n) is 7.43. The number of likely N-dealkylation sites (tertiary alicyclic amines) is 1. The van der Waals surface area contributed by atoms with Crippen molar-refractivity contribution >= 4 is 6.08 Å². The summed E-state index contributed by atoms with van der Waals surface area (Å²) in [5.74, 6) is 1.41. The summed E-state index contributed by atoms with van der Waals surface area (Å²) in [6, 6.07) is 17.6. The first kappa shape index (κ1) is 17.0. The van der Waals surface area contributed by atoms with Gasteiger partial charge in [-0.15, -0.1) is 0 Å². The highest BCUT2D eigenvalue weighted by Crippen LogP contribution is 2.26. The number of rotatable bonds is 4. The van der Waals surface area contributed by atoms with Gasteiger partial charge in [0.15, 0.2) is 0 Å². The van der Waals surface area contributed by atoms with Crippen molar-refractivity contribution in [2.24, 2.45) is 11.8 Å². The van der Waals surface area contributed by atoms with Gasteiger partial charge in [0.05, 0.1) is 0 Å². The summed E-state index contributed by atoms with van der Waals surface area (Å²) in [7, 11) is 0. The molecule has 0 aliphatic carbocycles. The smallest absolute Gasteiger partial charge is 0.0233 e. The van der Waals surface area contributed by atoms with Gasteiger partial charge >= 0.3 is 0 Å². The van der Waals surface area contributed by atoms with E-state index in [4.69, 9.17) is 0 Å². The molecule has 0 spiro atoms. The fourth-order valence-electron chi connectivity index (χ4n) is 3.86. The summed E-state index contributed by atoms with van der Waals surface area (Å²) in [5.41, 5.74) is 5.46. The van der Waals surface area contributed by atoms with Crippen LogP contribution in [-0.2, 0) is 6.54 Å². The summed E-state index contributed by atoms with van der Waals surface area (Å²) < 4.78 is 0. The minimum Gasteiger partial charge on any atom is -0.299 e. The number of piperidine rings is 1. The normalized spacial score (nSPS) is 22.1. The van der Waals surface area contributed by atoms with E-state index in [0.29, 0.717) is 11.8 Å². The Morgan fingerprint density at radius 1 is 1.04 bits per heavy atom. The molecule has 2 aromatic carbocycles. The molecule has 0 saturated carbocycles. The standard InChI is InChI=1S/C23H29N/c1-18-13-19(2)15-22(14-18)9-10-23-11-12-24(16-20(23)3)17-21-7-5-4-6-8-21/h4-10,13-15,20,23H,11-12,16-17H2,1-3H3/b10-9+. The summed E-state index contributed by atoms with van der Waals surface area (Å²) in [4.78, 5) is 2.60. The fourth-order valence-corrected chi connectivity index (χ4v) is 3.86. The van der Waals surface area contributed by atoms with Crippen LogP contribution < -0.4 is 0 Å². The van der Waals surface area contributed by atoms with Crippen LogP contribution in [0, 0.1) is 25.7 Å². The molecule has 2 unspecified atom stereocenters. The van der Waals surface area contributed by atoms with E-state index in [1.807, 2.05) is 0 Å². The van der Waals surface area contributed by atoms with E-state index in [1.165, 1.54) is 41.8 Å². The maximum atomic E-state index is 2.60. The number of allylic oxidation sites excluding steroid dienone is 1. The van der Waals surface area contributed by atoms with Crippen LogP contribution in [0.15, 0.2) is 54.6 Å². The van der Waals surface area contributed by atoms with Crippen molar-refractivity contribution in [3.63, 3.8) is 0 Å². The molecule has 0 radical (unpaired) electrons. The number of aryl methyl sites for hydroxylation is 2. The zero-order valence-electron chi connectivity index (χ0n) is 15.2. The van der Waals surface area contributed by atoms with Crippen LogP contribution in [0.2, 0.25) is 0 Å². The molecule has 1 aliphatic rings. The van der Waals surface area contributed by atoms with Crippen LogP contribution in [0.25, 0.3) is 6.08 Å². The van der Waals surface area contributed by atoms with Gasteiger partial charge in [-0.3, -0.25) is 4.90 Å². The van der Waals surface area contributed by atoms with E-state index in [1.54, 1.807) is 0 Å². The zero-order chi connectivity index (χ0) is 16.9. The molecule has 1 fully saturated rings. The van der Waals surface area contributed by atoms with Gasteiger partial charge in [0.1, 0.15) is 0 Å². The van der Waals surface area contributed by atoms with Crippen molar-refractivity contribution in [3.05, 3.63) is 76.9 Å². The third-order valence-corrected chi connectivity index (χ3v) is 5.08. The van der Waals surface area contributed by atoms with Crippen molar-refractivity contribution in [2.45, 2.75) is 33.7 Å². The molecule has 2 aromatic rings. The highest BCUT2D eigenvalue weighted by molar-refractivity contribution is 5.52. The predicted molar refractivity (Wildman–Crippen MR) is 104 cm³/mol. The van der Waals surface area contributed by atoms with Crippen molar-refractivity contribution in [1.29, 1.82) is 0 Å². The molecule has 0 amide bonds. The molecule has 0 bridgehead atoms. The molecule has 24 heavy (non-hydrogen) atoms. The molecule has 3 rings (SSSR count). The molecule has 1 saturated heterocycles. The van der Waals surface area contributed by atoms with Crippen molar-refractivity contribution in [1.82, 2.24) is 4.90 Å². The van der Waals surface area contributed by atoms with Crippen molar-refractivity contribution < 1.29 is 0 Å². The minimum absolute atomic E-state index is 0.692. The molecule has 2 atom stereocenters. The Bertz CT molecular complexity index is 666. The SMILES string of the molecule is Cc1cc(C)cc(/C=C/C2CCN(Cc3ccccc3)CC2C)c1. The molecular formula is C23H29N. The predicted octanol–water partition coefficient (Wildman–Crippen LogP) is 5.47. The summed E-state index contributed by atoms with van der Waals surface area (Å²) in [6.07, 6.45) is 6.03. The van der Waals surface area contributed by atoms with Crippen LogP contribution in [-0.4, -0.2) is 18.0 Å². The van der Waals surface area contributed by atoms with E-state index in [0.717, 1.165) is 6.54 Å². The lowest BCUT2D eigenvalue weighted by molar-refractivity contribution is 0.145. The molecule has 0 aromatic heterocycles. The summed E-state index contributed by atoms with van der Waals surface area (Å²) >= 11 is 0. The largest absolute Gasteiger partial charge is 0.299 e. The van der Waals surface area contributed by atoms with Gasteiger partial charge in [-0.25, -0.2) is 0 Å². The summed E-state index contributed by atoms with van der Waals surface area (Å²) in [6.45, 7) is 10.2. The van der Waals surface area contributed by atoms with Gasteiger partial charge in [-0.05, 0) is 49.8 Å². The Labute approximate surface area is 147 Å². The molecular weight excluding hydrogens is 290 g/mol. The second kappa shape index (κ2) is 7.81. The number of hydrogen-bond donors (Lipinski definition) is 0. The Morgan fingerprint density at radius 2 is 1.75 bits per heavy atom. The van der Waals surface area contributed by atoms with E-state index in [2.05, 4.69) is 86.4 Å². The zero-order valence-corrected chi connectivity index (χ0v) is 15.2. The molecule has 1 heteroatoms. The highest BCUT2D eigenvalue weighted by atomic mass is 15.1. The Morgan fingerprint density at radius 3 is 2.42 bits per heavy atom. The van der Waals surface area contributed by atoms with Crippen LogP contribution in [0.3, 0.4) is 0 Å². The van der Waals surface area contributed by atoms with E-state index in [-0.39, 0.29) is 0 Å². The van der Waals surface area contributed by atoms with Gasteiger partial charge in [0.2, 0.25) is 0 Å². The van der Waals surface area contributed by atoms with Crippen LogP contribution in [0.5, 0.6) is 0 Å². The maximum Gasteiger partial charge on any atom is 0.0233 e. The quantitative estimate of drug-likeness (QED) is 0.722. The van der Waals surface area contributed by atoms with Gasteiger partial charge in [-0.2, -0.15) is 0 Å². The van der Waals surface area contributed by atoms with Gasteiger partial charge in [0.25, 0.3) is 0 Å². The topological polar surface area (TPSA) is 3.24 Å². The molecule has 126 valence electrons. The Hall–Kier alpha value is -1.86. The fraction of sp³-hybridized carbons (Fsp3) is 0.391. The number of hydrogen-bond acceptors (Lipinski definition) is 1. The van der Waals surface area contributed by atoms with Crippen LogP contribution in [0.4, 0.5) is 0 Å². The van der Waals surface area contributed by atoms with E-state index >= 15 is 0 Å². The molecule has 1 nitrogen and oxygen atoms in total. The van der Waals surface area contributed by atoms with Gasteiger partial charge in [-0.1, -0.05) is 78.7 Å². The number of nitrogens with zero attached hydrogens (tertiary/aromatic N) is 1. The third kappa shape index (κ3) is 4.58. The lowest BCUT2D eigenvalue weighted by Crippen LogP contribution is -2.38. The number of benzene rings is 2. The first-order chi connectivity index (χ1) is 11.6. The Kier molecular flexibility index (Phi) is 5.52. The molecule has 1 aliphatic heterocycles. The molecule has 0 N–H and O–H groups in total. The van der Waals surface area contributed by atoms with Crippen molar-refractivity contribution in [2.75, 3.05) is 13.1 Å². The summed E-state index contributed by atoms with van der Waals surface area (Å²) in [5, 5.41) is 0. The Balaban J connectivity index is 1.58. The average Bonchev–Trinajstić information content (AvgIpc) is 2.54. The second-order valence-corrected chi connectivity index (χ2v) is 7.43. The minimum atomic E-state index is 0.692. The highest BCUT2D eigenvalue weighted by Gasteiger charge is 2.24. The maximum absolute atomic E-state index is 2.60. The first-order valence-corrected chi connectivity index (χ1v) is 9.13. The van der Waals surface area contributed by atoms with Gasteiger partial charge < -0.3 is 0 Å². The van der Waals surface area contributed by atoms with Gasteiger partial charge in [0, 0.05) is 13.1 Å².